The summed E-state index contributed by atoms with van der Waals surface area (Å²) in [6.07, 6.45) is 6.57. The minimum atomic E-state index is 0.260. The van der Waals surface area contributed by atoms with Gasteiger partial charge in [-0.2, -0.15) is 0 Å². The molecule has 1 aromatic rings. The van der Waals surface area contributed by atoms with Gasteiger partial charge in [-0.25, -0.2) is 0 Å². The zero-order chi connectivity index (χ0) is 14.4. The highest BCUT2D eigenvalue weighted by Crippen LogP contribution is 2.40. The molecule has 0 spiro atoms. The molecule has 2 rings (SSSR count). The van der Waals surface area contributed by atoms with Crippen LogP contribution in [-0.2, 0) is 0 Å². The van der Waals surface area contributed by atoms with Crippen molar-refractivity contribution in [1.29, 1.82) is 0 Å². The fraction of sp³-hybridized carbons (Fsp3) is 0.647. The second-order valence-corrected chi connectivity index (χ2v) is 5.76. The Kier molecular flexibility index (Phi) is 5.86. The molecule has 1 aromatic carbocycles. The van der Waals surface area contributed by atoms with Crippen molar-refractivity contribution < 1.29 is 4.74 Å². The maximum absolute atomic E-state index is 5.87. The maximum Gasteiger partial charge on any atom is 0.119 e. The summed E-state index contributed by atoms with van der Waals surface area (Å²) in [5.74, 6) is 8.24. The van der Waals surface area contributed by atoms with Crippen molar-refractivity contribution in [2.45, 2.75) is 52.0 Å². The van der Waals surface area contributed by atoms with Gasteiger partial charge >= 0.3 is 0 Å². The smallest absolute Gasteiger partial charge is 0.119 e. The van der Waals surface area contributed by atoms with E-state index in [1.807, 2.05) is 19.1 Å². The van der Waals surface area contributed by atoms with Crippen molar-refractivity contribution in [2.75, 3.05) is 6.61 Å². The van der Waals surface area contributed by atoms with Gasteiger partial charge in [-0.1, -0.05) is 44.7 Å². The number of nitrogens with two attached hydrogens (primary N) is 1. The van der Waals surface area contributed by atoms with E-state index in [1.165, 1.54) is 37.7 Å². The van der Waals surface area contributed by atoms with Gasteiger partial charge in [-0.3, -0.25) is 11.3 Å². The lowest BCUT2D eigenvalue weighted by atomic mass is 9.72. The molecule has 20 heavy (non-hydrogen) atoms. The second-order valence-electron chi connectivity index (χ2n) is 5.76. The van der Waals surface area contributed by atoms with Gasteiger partial charge in [0.1, 0.15) is 5.75 Å². The van der Waals surface area contributed by atoms with Crippen molar-refractivity contribution in [3.05, 3.63) is 29.8 Å². The van der Waals surface area contributed by atoms with Crippen LogP contribution in [-0.4, -0.2) is 6.61 Å². The summed E-state index contributed by atoms with van der Waals surface area (Å²) in [7, 11) is 0. The fourth-order valence-corrected chi connectivity index (χ4v) is 3.59. The molecule has 1 aliphatic rings. The van der Waals surface area contributed by atoms with Gasteiger partial charge in [-0.05, 0) is 42.9 Å². The van der Waals surface area contributed by atoms with Gasteiger partial charge in [0, 0.05) is 6.04 Å². The van der Waals surface area contributed by atoms with E-state index in [0.29, 0.717) is 12.5 Å². The highest BCUT2D eigenvalue weighted by Gasteiger charge is 2.31. The van der Waals surface area contributed by atoms with E-state index < -0.39 is 0 Å². The van der Waals surface area contributed by atoms with Crippen molar-refractivity contribution in [2.24, 2.45) is 17.7 Å². The van der Waals surface area contributed by atoms with Crippen LogP contribution in [0.15, 0.2) is 24.3 Å². The SMILES string of the molecule is CCOc1ccc(C(NN)C2CCCCC2CC)cc1. The molecule has 0 aliphatic heterocycles. The number of hydrogen-bond acceptors (Lipinski definition) is 3. The molecule has 1 saturated carbocycles. The molecule has 0 heterocycles. The number of ether oxygens (including phenoxy) is 1. The van der Waals surface area contributed by atoms with Crippen LogP contribution in [0.4, 0.5) is 0 Å². The molecular formula is C17H28N2O. The topological polar surface area (TPSA) is 47.3 Å². The monoisotopic (exact) mass is 276 g/mol. The standard InChI is InChI=1S/C17H28N2O/c1-3-13-7-5-6-8-16(13)17(19-18)14-9-11-15(12-10-14)20-4-2/h9-13,16-17,19H,3-8,18H2,1-2H3. The van der Waals surface area contributed by atoms with Crippen molar-refractivity contribution in [1.82, 2.24) is 5.43 Å². The Morgan fingerprint density at radius 3 is 2.50 bits per heavy atom. The van der Waals surface area contributed by atoms with Crippen LogP contribution in [0.2, 0.25) is 0 Å². The van der Waals surface area contributed by atoms with Crippen molar-refractivity contribution in [3.63, 3.8) is 0 Å². The van der Waals surface area contributed by atoms with Gasteiger partial charge in [0.15, 0.2) is 0 Å². The van der Waals surface area contributed by atoms with Crippen LogP contribution in [0.25, 0.3) is 0 Å². The molecule has 1 aliphatic carbocycles. The molecule has 3 heteroatoms. The van der Waals surface area contributed by atoms with Crippen LogP contribution in [0.5, 0.6) is 5.75 Å². The van der Waals surface area contributed by atoms with E-state index in [9.17, 15) is 0 Å². The normalized spacial score (nSPS) is 24.4. The summed E-state index contributed by atoms with van der Waals surface area (Å²) in [5.41, 5.74) is 4.34. The maximum atomic E-state index is 5.87. The first-order chi connectivity index (χ1) is 9.80. The second kappa shape index (κ2) is 7.65. The lowest BCUT2D eigenvalue weighted by molar-refractivity contribution is 0.176. The van der Waals surface area contributed by atoms with Crippen LogP contribution in [0, 0.1) is 11.8 Å². The van der Waals surface area contributed by atoms with Gasteiger partial charge in [0.25, 0.3) is 0 Å². The van der Waals surface area contributed by atoms with Crippen molar-refractivity contribution in [3.8, 4) is 5.75 Å². The molecule has 3 nitrogen and oxygen atoms in total. The first kappa shape index (κ1) is 15.3. The van der Waals surface area contributed by atoms with Crippen LogP contribution in [0.3, 0.4) is 0 Å². The van der Waals surface area contributed by atoms with Crippen LogP contribution in [0.1, 0.15) is 57.6 Å². The summed E-state index contributed by atoms with van der Waals surface area (Å²) >= 11 is 0. The molecule has 3 atom stereocenters. The van der Waals surface area contributed by atoms with E-state index in [-0.39, 0.29) is 6.04 Å². The van der Waals surface area contributed by atoms with Gasteiger partial charge in [0.2, 0.25) is 0 Å². The number of hydrazine groups is 1. The molecule has 112 valence electrons. The molecular weight excluding hydrogens is 248 g/mol. The number of hydrogen-bond donors (Lipinski definition) is 2. The summed E-state index contributed by atoms with van der Waals surface area (Å²) in [6, 6.07) is 8.66. The van der Waals surface area contributed by atoms with E-state index in [0.717, 1.165) is 11.7 Å². The van der Waals surface area contributed by atoms with E-state index in [1.54, 1.807) is 0 Å². The number of nitrogens with one attached hydrogen (secondary N) is 1. The predicted molar refractivity (Wildman–Crippen MR) is 83.4 cm³/mol. The Morgan fingerprint density at radius 2 is 1.90 bits per heavy atom. The van der Waals surface area contributed by atoms with Crippen LogP contribution < -0.4 is 16.0 Å². The molecule has 3 N–H and O–H groups in total. The molecule has 0 aromatic heterocycles. The summed E-state index contributed by atoms with van der Waals surface area (Å²) < 4.78 is 5.51. The van der Waals surface area contributed by atoms with E-state index >= 15 is 0 Å². The fourth-order valence-electron chi connectivity index (χ4n) is 3.59. The van der Waals surface area contributed by atoms with Gasteiger partial charge < -0.3 is 4.74 Å². The van der Waals surface area contributed by atoms with E-state index in [4.69, 9.17) is 10.6 Å². The lowest BCUT2D eigenvalue weighted by Crippen LogP contribution is -2.38. The lowest BCUT2D eigenvalue weighted by Gasteiger charge is -2.36. The predicted octanol–water partition coefficient (Wildman–Crippen LogP) is 3.81. The minimum Gasteiger partial charge on any atom is -0.494 e. The third-order valence-corrected chi connectivity index (χ3v) is 4.65. The van der Waals surface area contributed by atoms with Crippen molar-refractivity contribution >= 4 is 0 Å². The van der Waals surface area contributed by atoms with E-state index in [2.05, 4.69) is 24.5 Å². The Morgan fingerprint density at radius 1 is 1.20 bits per heavy atom. The molecule has 0 amide bonds. The summed E-state index contributed by atoms with van der Waals surface area (Å²) in [5, 5.41) is 0. The van der Waals surface area contributed by atoms with Gasteiger partial charge in [0.05, 0.1) is 6.61 Å². The molecule has 3 unspecified atom stereocenters. The Hall–Kier alpha value is -1.06. The Bertz CT molecular complexity index is 390. The third kappa shape index (κ3) is 3.53. The highest BCUT2D eigenvalue weighted by atomic mass is 16.5. The average molecular weight is 276 g/mol. The first-order valence-electron chi connectivity index (χ1n) is 7.99. The zero-order valence-electron chi connectivity index (χ0n) is 12.8. The number of benzene rings is 1. The minimum absolute atomic E-state index is 0.260. The third-order valence-electron chi connectivity index (χ3n) is 4.65. The Balaban J connectivity index is 2.13. The highest BCUT2D eigenvalue weighted by molar-refractivity contribution is 5.29. The average Bonchev–Trinajstić information content (AvgIpc) is 2.50. The summed E-state index contributed by atoms with van der Waals surface area (Å²) in [6.45, 7) is 5.01. The molecule has 0 bridgehead atoms. The first-order valence-corrected chi connectivity index (χ1v) is 7.99. The van der Waals surface area contributed by atoms with Crippen LogP contribution >= 0.6 is 0 Å². The van der Waals surface area contributed by atoms with Gasteiger partial charge in [-0.15, -0.1) is 0 Å². The summed E-state index contributed by atoms with van der Waals surface area (Å²) in [4.78, 5) is 0. The Labute approximate surface area is 122 Å². The molecule has 0 saturated heterocycles. The number of rotatable bonds is 6. The molecule has 1 fully saturated rings. The largest absolute Gasteiger partial charge is 0.494 e. The zero-order valence-corrected chi connectivity index (χ0v) is 12.8. The molecule has 0 radical (unpaired) electrons. The quantitative estimate of drug-likeness (QED) is 0.613.